The Balaban J connectivity index is 1.76. The van der Waals surface area contributed by atoms with Crippen LogP contribution in [0.4, 0.5) is 0 Å². The predicted octanol–water partition coefficient (Wildman–Crippen LogP) is 4.65. The summed E-state index contributed by atoms with van der Waals surface area (Å²) >= 11 is 0. The molecular formula is C26H30N2O3. The lowest BCUT2D eigenvalue weighted by atomic mass is 9.98. The van der Waals surface area contributed by atoms with Crippen molar-refractivity contribution >= 4 is 5.91 Å². The van der Waals surface area contributed by atoms with Gasteiger partial charge in [0.15, 0.2) is 0 Å². The molecule has 0 bridgehead atoms. The van der Waals surface area contributed by atoms with Crippen molar-refractivity contribution in [3.8, 4) is 11.5 Å². The molecule has 0 aliphatic rings. The van der Waals surface area contributed by atoms with Gasteiger partial charge in [-0.1, -0.05) is 60.7 Å². The molecule has 1 amide bonds. The highest BCUT2D eigenvalue weighted by molar-refractivity contribution is 5.82. The van der Waals surface area contributed by atoms with Crippen molar-refractivity contribution in [3.63, 3.8) is 0 Å². The molecule has 2 N–H and O–H groups in total. The molecule has 31 heavy (non-hydrogen) atoms. The van der Waals surface area contributed by atoms with Gasteiger partial charge in [0.1, 0.15) is 11.5 Å². The summed E-state index contributed by atoms with van der Waals surface area (Å²) in [6, 6.07) is 24.9. The summed E-state index contributed by atoms with van der Waals surface area (Å²) in [6.45, 7) is 3.87. The van der Waals surface area contributed by atoms with Crippen molar-refractivity contribution < 1.29 is 14.3 Å². The van der Waals surface area contributed by atoms with Gasteiger partial charge in [0, 0.05) is 11.6 Å². The predicted molar refractivity (Wildman–Crippen MR) is 123 cm³/mol. The van der Waals surface area contributed by atoms with Crippen molar-refractivity contribution in [1.29, 1.82) is 0 Å². The molecule has 0 aliphatic heterocycles. The maximum absolute atomic E-state index is 13.1. The lowest BCUT2D eigenvalue weighted by Crippen LogP contribution is -2.44. The van der Waals surface area contributed by atoms with Crippen LogP contribution in [0.3, 0.4) is 0 Å². The number of rotatable bonds is 9. The van der Waals surface area contributed by atoms with Crippen LogP contribution in [0.1, 0.15) is 42.6 Å². The summed E-state index contributed by atoms with van der Waals surface area (Å²) in [7, 11) is 3.27. The number of hydrogen-bond acceptors (Lipinski definition) is 4. The van der Waals surface area contributed by atoms with E-state index in [1.165, 1.54) is 0 Å². The normalized spacial score (nSPS) is 12.8. The van der Waals surface area contributed by atoms with Gasteiger partial charge >= 0.3 is 0 Å². The Bertz CT molecular complexity index is 937. The molecule has 3 aromatic carbocycles. The van der Waals surface area contributed by atoms with Crippen LogP contribution in [-0.4, -0.2) is 26.2 Å². The largest absolute Gasteiger partial charge is 0.497 e. The molecular weight excluding hydrogens is 388 g/mol. The zero-order valence-electron chi connectivity index (χ0n) is 18.5. The molecule has 3 aromatic rings. The molecule has 0 radical (unpaired) electrons. The molecule has 0 heterocycles. The summed E-state index contributed by atoms with van der Waals surface area (Å²) in [5.74, 6) is 1.42. The molecule has 0 saturated heterocycles. The second-order valence-corrected chi connectivity index (χ2v) is 7.48. The van der Waals surface area contributed by atoms with Gasteiger partial charge in [0.05, 0.1) is 26.3 Å². The Hall–Kier alpha value is -3.31. The molecule has 3 rings (SSSR count). The molecule has 162 valence electrons. The van der Waals surface area contributed by atoms with E-state index in [9.17, 15) is 4.79 Å². The first-order chi connectivity index (χ1) is 15.0. The van der Waals surface area contributed by atoms with E-state index in [2.05, 4.69) is 10.6 Å². The van der Waals surface area contributed by atoms with Gasteiger partial charge in [-0.05, 0) is 43.2 Å². The lowest BCUT2D eigenvalue weighted by molar-refractivity contribution is -0.123. The first-order valence-electron chi connectivity index (χ1n) is 10.4. The highest BCUT2D eigenvalue weighted by atomic mass is 16.5. The Morgan fingerprint density at radius 2 is 1.39 bits per heavy atom. The number of hydrogen-bond donors (Lipinski definition) is 2. The van der Waals surface area contributed by atoms with E-state index in [1.807, 2.05) is 92.7 Å². The molecule has 0 aromatic heterocycles. The summed E-state index contributed by atoms with van der Waals surface area (Å²) in [4.78, 5) is 13.1. The summed E-state index contributed by atoms with van der Waals surface area (Å²) in [5, 5.41) is 6.58. The van der Waals surface area contributed by atoms with E-state index in [1.54, 1.807) is 14.2 Å². The van der Waals surface area contributed by atoms with E-state index >= 15 is 0 Å². The number of ether oxygens (including phenoxy) is 2. The second kappa shape index (κ2) is 10.6. The molecule has 0 saturated carbocycles. The minimum Gasteiger partial charge on any atom is -0.497 e. The quantitative estimate of drug-likeness (QED) is 0.531. The monoisotopic (exact) mass is 418 g/mol. The fourth-order valence-electron chi connectivity index (χ4n) is 3.64. The first-order valence-corrected chi connectivity index (χ1v) is 10.4. The van der Waals surface area contributed by atoms with Gasteiger partial charge < -0.3 is 14.8 Å². The molecule has 2 unspecified atom stereocenters. The van der Waals surface area contributed by atoms with Gasteiger partial charge in [-0.25, -0.2) is 0 Å². The third-order valence-electron chi connectivity index (χ3n) is 5.35. The van der Waals surface area contributed by atoms with Gasteiger partial charge in [-0.15, -0.1) is 0 Å². The van der Waals surface area contributed by atoms with Crippen LogP contribution in [0.2, 0.25) is 0 Å². The van der Waals surface area contributed by atoms with Crippen LogP contribution in [-0.2, 0) is 4.79 Å². The fraction of sp³-hybridized carbons (Fsp3) is 0.269. The number of carbonyl (C=O) groups is 1. The molecule has 0 spiro atoms. The average Bonchev–Trinajstić information content (AvgIpc) is 2.82. The second-order valence-electron chi connectivity index (χ2n) is 7.48. The average molecular weight is 419 g/mol. The Labute approximate surface area is 184 Å². The topological polar surface area (TPSA) is 59.6 Å². The van der Waals surface area contributed by atoms with Crippen LogP contribution in [0.25, 0.3) is 0 Å². The number of amides is 1. The highest BCUT2D eigenvalue weighted by Gasteiger charge is 2.23. The highest BCUT2D eigenvalue weighted by Crippen LogP contribution is 2.29. The summed E-state index contributed by atoms with van der Waals surface area (Å²) in [6.07, 6.45) is 0. The van der Waals surface area contributed by atoms with Gasteiger partial charge in [-0.3, -0.25) is 10.1 Å². The number of carbonyl (C=O) groups excluding carboxylic acids is 1. The van der Waals surface area contributed by atoms with Crippen molar-refractivity contribution in [1.82, 2.24) is 10.6 Å². The molecule has 0 fully saturated rings. The van der Waals surface area contributed by atoms with Crippen molar-refractivity contribution in [2.45, 2.75) is 32.0 Å². The number of nitrogens with one attached hydrogen (secondary N) is 2. The Morgan fingerprint density at radius 3 is 1.90 bits per heavy atom. The number of methoxy groups -OCH3 is 2. The van der Waals surface area contributed by atoms with Crippen molar-refractivity contribution in [2.24, 2.45) is 0 Å². The molecule has 5 nitrogen and oxygen atoms in total. The zero-order valence-corrected chi connectivity index (χ0v) is 18.5. The van der Waals surface area contributed by atoms with E-state index in [0.29, 0.717) is 0 Å². The van der Waals surface area contributed by atoms with Gasteiger partial charge in [-0.2, -0.15) is 0 Å². The van der Waals surface area contributed by atoms with Crippen LogP contribution < -0.4 is 20.1 Å². The maximum Gasteiger partial charge on any atom is 0.237 e. The SMILES string of the molecule is COc1ccc(OC)c(C(C)NC(C)C(=O)NC(c2ccccc2)c2ccccc2)c1. The van der Waals surface area contributed by atoms with Gasteiger partial charge in [0.25, 0.3) is 0 Å². The number of benzene rings is 3. The lowest BCUT2D eigenvalue weighted by Gasteiger charge is -2.25. The third kappa shape index (κ3) is 5.64. The van der Waals surface area contributed by atoms with Crippen LogP contribution in [0, 0.1) is 0 Å². The van der Waals surface area contributed by atoms with Crippen LogP contribution >= 0.6 is 0 Å². The minimum absolute atomic E-state index is 0.0774. The Morgan fingerprint density at radius 1 is 0.806 bits per heavy atom. The standard InChI is InChI=1S/C26H30N2O3/c1-18(23-17-22(30-3)15-16-24(23)31-4)27-19(2)26(29)28-25(20-11-7-5-8-12-20)21-13-9-6-10-14-21/h5-19,25,27H,1-4H3,(H,28,29). The molecule has 5 heteroatoms. The fourth-order valence-corrected chi connectivity index (χ4v) is 3.64. The van der Waals surface area contributed by atoms with Crippen molar-refractivity contribution in [2.75, 3.05) is 14.2 Å². The Kier molecular flexibility index (Phi) is 7.68. The summed E-state index contributed by atoms with van der Waals surface area (Å²) in [5.41, 5.74) is 3.01. The smallest absolute Gasteiger partial charge is 0.237 e. The third-order valence-corrected chi connectivity index (χ3v) is 5.35. The van der Waals surface area contributed by atoms with E-state index in [0.717, 1.165) is 28.2 Å². The zero-order chi connectivity index (χ0) is 22.2. The maximum atomic E-state index is 13.1. The minimum atomic E-state index is -0.416. The molecule has 0 aliphatic carbocycles. The summed E-state index contributed by atoms with van der Waals surface area (Å²) < 4.78 is 10.8. The van der Waals surface area contributed by atoms with Crippen molar-refractivity contribution in [3.05, 3.63) is 95.6 Å². The van der Waals surface area contributed by atoms with Crippen LogP contribution in [0.5, 0.6) is 11.5 Å². The van der Waals surface area contributed by atoms with E-state index in [4.69, 9.17) is 9.47 Å². The first kappa shape index (κ1) is 22.4. The van der Waals surface area contributed by atoms with E-state index in [-0.39, 0.29) is 18.0 Å². The van der Waals surface area contributed by atoms with E-state index < -0.39 is 6.04 Å². The van der Waals surface area contributed by atoms with Crippen LogP contribution in [0.15, 0.2) is 78.9 Å². The molecule has 2 atom stereocenters. The van der Waals surface area contributed by atoms with Gasteiger partial charge in [0.2, 0.25) is 5.91 Å².